The molecule has 1 unspecified atom stereocenters. The van der Waals surface area contributed by atoms with Crippen LogP contribution in [0.3, 0.4) is 0 Å². The van der Waals surface area contributed by atoms with Crippen LogP contribution in [-0.2, 0) is 4.79 Å². The minimum atomic E-state index is -2.73. The van der Waals surface area contributed by atoms with E-state index >= 15 is 0 Å². The van der Waals surface area contributed by atoms with Gasteiger partial charge >= 0.3 is 12.0 Å². The van der Waals surface area contributed by atoms with E-state index in [1.54, 1.807) is 0 Å². The highest BCUT2D eigenvalue weighted by Gasteiger charge is 2.73. The smallest absolute Gasteiger partial charge is 0.319 e. The number of nitrogens with zero attached hydrogens (tertiary/aromatic N) is 1. The van der Waals surface area contributed by atoms with Crippen molar-refractivity contribution in [3.05, 3.63) is 0 Å². The Hall–Kier alpha value is -0.432. The number of aliphatic carboxylic acids is 1. The Morgan fingerprint density at radius 3 is 1.27 bits per heavy atom. The largest absolute Gasteiger partial charge is 0.480 e. The molecule has 0 saturated heterocycles. The van der Waals surface area contributed by atoms with Gasteiger partial charge in [-0.25, -0.2) is 4.79 Å². The van der Waals surface area contributed by atoms with Crippen LogP contribution in [-0.4, -0.2) is 65.7 Å². The van der Waals surface area contributed by atoms with E-state index in [-0.39, 0.29) is 25.7 Å². The maximum Gasteiger partial charge on any atom is 0.319 e. The van der Waals surface area contributed by atoms with Crippen molar-refractivity contribution < 1.29 is 14.7 Å². The highest BCUT2D eigenvalue weighted by atomic mass is 28.4. The number of amides is 2. The number of nitrogens with one attached hydrogen (secondary N) is 1. The zero-order chi connectivity index (χ0) is 32.9. The Bertz CT molecular complexity index is 894. The molecule has 0 saturated carbocycles. The van der Waals surface area contributed by atoms with E-state index in [0.717, 1.165) is 0 Å². The van der Waals surface area contributed by atoms with Crippen LogP contribution in [0.4, 0.5) is 4.79 Å². The van der Waals surface area contributed by atoms with E-state index in [9.17, 15) is 14.7 Å². The zero-order valence-electron chi connectivity index (χ0n) is 30.3. The van der Waals surface area contributed by atoms with Gasteiger partial charge in [-0.3, -0.25) is 4.79 Å². The number of carboxylic acid groups (broad SMARTS) is 1. The van der Waals surface area contributed by atoms with Crippen molar-refractivity contribution in [3.63, 3.8) is 0 Å². The predicted octanol–water partition coefficient (Wildman–Crippen LogP) is 9.11. The fourth-order valence-electron chi connectivity index (χ4n) is 6.16. The molecular formula is C30H69N3O3Si4. The molecule has 0 aliphatic rings. The van der Waals surface area contributed by atoms with Gasteiger partial charge in [0.25, 0.3) is 0 Å². The molecule has 238 valence electrons. The van der Waals surface area contributed by atoms with Crippen LogP contribution in [0.5, 0.6) is 0 Å². The van der Waals surface area contributed by atoms with E-state index in [4.69, 9.17) is 5.73 Å². The van der Waals surface area contributed by atoms with Crippen LogP contribution in [0.15, 0.2) is 0 Å². The summed E-state index contributed by atoms with van der Waals surface area (Å²) in [7, 11) is -10.0. The van der Waals surface area contributed by atoms with Crippen LogP contribution in [0, 0.1) is 0 Å². The van der Waals surface area contributed by atoms with Gasteiger partial charge < -0.3 is 20.4 Å². The third kappa shape index (κ3) is 6.70. The predicted molar refractivity (Wildman–Crippen MR) is 187 cm³/mol. The summed E-state index contributed by atoms with van der Waals surface area (Å²) < 4.78 is 2.79. The molecule has 4 N–H and O–H groups in total. The number of hydrogen-bond acceptors (Lipinski definition) is 3. The molecule has 0 aromatic rings. The first-order valence-corrected chi connectivity index (χ1v) is 27.2. The van der Waals surface area contributed by atoms with E-state index < -0.39 is 49.8 Å². The van der Waals surface area contributed by atoms with Gasteiger partial charge in [-0.15, -0.1) is 0 Å². The Balaban J connectivity index is 8.81. The fourth-order valence-corrected chi connectivity index (χ4v) is 29.6. The van der Waals surface area contributed by atoms with Gasteiger partial charge in [-0.2, -0.15) is 0 Å². The van der Waals surface area contributed by atoms with Gasteiger partial charge in [0.05, 0.1) is 21.3 Å². The van der Waals surface area contributed by atoms with Gasteiger partial charge in [-0.1, -0.05) is 135 Å². The first-order valence-electron chi connectivity index (χ1n) is 15.2. The number of rotatable bonds is 10. The molecule has 40 heavy (non-hydrogen) atoms. The second-order valence-corrected chi connectivity index (χ2v) is 40.2. The normalized spacial score (nSPS) is 17.4. The highest BCUT2D eigenvalue weighted by Crippen LogP contribution is 2.63. The zero-order valence-corrected chi connectivity index (χ0v) is 34.3. The van der Waals surface area contributed by atoms with Crippen molar-refractivity contribution in [1.29, 1.82) is 0 Å². The summed E-state index contributed by atoms with van der Waals surface area (Å²) >= 11 is 0. The van der Waals surface area contributed by atoms with Crippen molar-refractivity contribution in [1.82, 2.24) is 9.55 Å². The number of hydrogen-bond donors (Lipinski definition) is 3. The fraction of sp³-hybridized carbons (Fsp3) is 0.933. The summed E-state index contributed by atoms with van der Waals surface area (Å²) in [4.78, 5) is 26.7. The summed E-state index contributed by atoms with van der Waals surface area (Å²) in [6.45, 7) is 47.3. The molecule has 2 atom stereocenters. The number of carboxylic acids is 1. The second-order valence-electron chi connectivity index (χ2n) is 18.5. The standard InChI is InChI=1S/C30H69N3O3Si4/c1-26(2,3)37(13,14)23(21-22-32-25(31)36)30(24(34)35,38(15,16)27(4,5)6)33(39(17,18)28(7,8)9)40(19,20)29(10,11)12/h23H,21-22H2,1-20H3,(H,34,35)(H3,31,32,36)/t23?,30-/m1/s1. The second kappa shape index (κ2) is 11.6. The Morgan fingerprint density at radius 1 is 0.700 bits per heavy atom. The molecule has 0 aromatic heterocycles. The first kappa shape index (κ1) is 39.6. The SMILES string of the molecule is CC(C)(C)[Si](C)(C)C(CCNC(N)=O)[C@@](C(=O)O)(N([Si](C)(C)C(C)(C)C)[Si](C)(C)C(C)(C)C)[Si](C)(C)C(C)(C)C. The van der Waals surface area contributed by atoms with E-state index in [0.29, 0.717) is 13.0 Å². The molecule has 0 heterocycles. The lowest BCUT2D eigenvalue weighted by molar-refractivity contribution is -0.143. The molecule has 6 nitrogen and oxygen atoms in total. The molecular weight excluding hydrogens is 563 g/mol. The van der Waals surface area contributed by atoms with Crippen LogP contribution in [0.25, 0.3) is 0 Å². The molecule has 0 aromatic carbocycles. The van der Waals surface area contributed by atoms with E-state index in [2.05, 4.69) is 145 Å². The average molecular weight is 632 g/mol. The summed E-state index contributed by atoms with van der Waals surface area (Å²) in [6.07, 6.45) is 0.609. The number of urea groups is 1. The lowest BCUT2D eigenvalue weighted by atomic mass is 10.1. The average Bonchev–Trinajstić information content (AvgIpc) is 2.64. The van der Waals surface area contributed by atoms with Crippen molar-refractivity contribution in [3.8, 4) is 0 Å². The van der Waals surface area contributed by atoms with Crippen LogP contribution < -0.4 is 11.1 Å². The molecule has 10 heteroatoms. The number of carbonyl (C=O) groups excluding carboxylic acids is 1. The van der Waals surface area contributed by atoms with Crippen molar-refractivity contribution in [2.45, 2.75) is 173 Å². The summed E-state index contributed by atoms with van der Waals surface area (Å²) in [5.74, 6) is -0.650. The van der Waals surface area contributed by atoms with Crippen LogP contribution >= 0.6 is 0 Å². The minimum Gasteiger partial charge on any atom is -0.480 e. The Labute approximate surface area is 253 Å². The highest BCUT2D eigenvalue weighted by molar-refractivity contribution is 6.99. The van der Waals surface area contributed by atoms with Crippen molar-refractivity contribution >= 4 is 44.6 Å². The molecule has 0 spiro atoms. The maximum absolute atomic E-state index is 14.8. The molecule has 0 fully saturated rings. The Kier molecular flexibility index (Phi) is 11.5. The third-order valence-corrected chi connectivity index (χ3v) is 39.5. The van der Waals surface area contributed by atoms with Gasteiger partial charge in [0, 0.05) is 6.54 Å². The molecule has 0 aliphatic carbocycles. The number of primary amides is 1. The number of carbonyl (C=O) groups is 2. The van der Waals surface area contributed by atoms with Gasteiger partial charge in [0.15, 0.2) is 0 Å². The topological polar surface area (TPSA) is 95.7 Å². The molecule has 0 rings (SSSR count). The van der Waals surface area contributed by atoms with Gasteiger partial charge in [0.1, 0.15) is 16.5 Å². The quantitative estimate of drug-likeness (QED) is 0.210. The molecule has 0 aliphatic heterocycles. The molecule has 0 radical (unpaired) electrons. The first-order chi connectivity index (χ1) is 17.1. The monoisotopic (exact) mass is 631 g/mol. The lowest BCUT2D eigenvalue weighted by Gasteiger charge is -2.71. The maximum atomic E-state index is 14.8. The Morgan fingerprint density at radius 2 is 1.05 bits per heavy atom. The van der Waals surface area contributed by atoms with Crippen molar-refractivity contribution in [2.75, 3.05) is 6.54 Å². The van der Waals surface area contributed by atoms with E-state index in [1.807, 2.05) is 0 Å². The van der Waals surface area contributed by atoms with Gasteiger partial charge in [-0.05, 0) is 32.1 Å². The molecule has 0 bridgehead atoms. The summed E-state index contributed by atoms with van der Waals surface area (Å²) in [6, 6.07) is -0.548. The van der Waals surface area contributed by atoms with Crippen LogP contribution in [0.1, 0.15) is 89.5 Å². The van der Waals surface area contributed by atoms with Gasteiger partial charge in [0.2, 0.25) is 0 Å². The number of nitrogens with two attached hydrogens (primary N) is 1. The van der Waals surface area contributed by atoms with E-state index in [1.165, 1.54) is 0 Å². The summed E-state index contributed by atoms with van der Waals surface area (Å²) in [5.41, 5.74) is 5.46. The van der Waals surface area contributed by atoms with Crippen molar-refractivity contribution in [2.24, 2.45) is 5.73 Å². The van der Waals surface area contributed by atoms with Crippen LogP contribution in [0.2, 0.25) is 78.1 Å². The lowest BCUT2D eigenvalue weighted by Crippen LogP contribution is -2.87. The minimum absolute atomic E-state index is 0.0556. The summed E-state index contributed by atoms with van der Waals surface area (Å²) in [5, 5.41) is 13.6. The third-order valence-electron chi connectivity index (χ3n) is 12.3. The molecule has 2 amide bonds.